The van der Waals surface area contributed by atoms with Crippen molar-refractivity contribution in [1.82, 2.24) is 0 Å². The number of esters is 1. The van der Waals surface area contributed by atoms with Crippen molar-refractivity contribution >= 4 is 17.6 Å². The third-order valence-corrected chi connectivity index (χ3v) is 12.4. The summed E-state index contributed by atoms with van der Waals surface area (Å²) >= 11 is 7.38. The van der Waals surface area contributed by atoms with Gasteiger partial charge in [-0.05, 0) is 84.9 Å². The number of alkyl halides is 1. The average molecular weight is 510 g/mol. The Kier molecular flexibility index (Phi) is 7.62. The quantitative estimate of drug-likeness (QED) is 0.153. The smallest absolute Gasteiger partial charge is 0.302 e. The number of carbonyl (C=O) groups excluding carboxylic acids is 1. The summed E-state index contributed by atoms with van der Waals surface area (Å²) in [5.74, 6) is 3.24. The Bertz CT molecular complexity index is 819. The van der Waals surface area contributed by atoms with Crippen LogP contribution in [0.1, 0.15) is 112 Å². The Hall–Kier alpha value is -0.840. The molecule has 10 atom stereocenters. The summed E-state index contributed by atoms with van der Waals surface area (Å²) in [4.78, 5) is 23.1. The minimum Gasteiger partial charge on any atom is -0.462 e. The molecule has 4 aliphatic rings. The van der Waals surface area contributed by atoms with Crippen LogP contribution in [-0.2, 0) is 9.53 Å². The third kappa shape index (κ3) is 4.55. The van der Waals surface area contributed by atoms with Crippen LogP contribution >= 0.6 is 11.6 Å². The molecule has 0 aliphatic heterocycles. The van der Waals surface area contributed by atoms with Crippen LogP contribution in [0.3, 0.4) is 0 Å². The van der Waals surface area contributed by atoms with Crippen molar-refractivity contribution in [3.05, 3.63) is 10.1 Å². The first-order chi connectivity index (χ1) is 16.3. The number of rotatable bonds is 7. The highest BCUT2D eigenvalue weighted by Crippen LogP contribution is 2.70. The van der Waals surface area contributed by atoms with E-state index in [1.807, 2.05) is 0 Å². The van der Waals surface area contributed by atoms with Crippen molar-refractivity contribution < 1.29 is 14.5 Å². The van der Waals surface area contributed by atoms with Crippen molar-refractivity contribution in [2.75, 3.05) is 0 Å². The molecule has 0 radical (unpaired) electrons. The van der Waals surface area contributed by atoms with E-state index in [9.17, 15) is 14.9 Å². The van der Waals surface area contributed by atoms with Gasteiger partial charge in [0.25, 0.3) is 0 Å². The molecule has 200 valence electrons. The minimum absolute atomic E-state index is 0.0927. The molecule has 8 unspecified atom stereocenters. The molecule has 0 aromatic heterocycles. The highest BCUT2D eigenvalue weighted by atomic mass is 35.5. The molecule has 5 nitrogen and oxygen atoms in total. The van der Waals surface area contributed by atoms with Gasteiger partial charge in [0.15, 0.2) is 0 Å². The Morgan fingerprint density at radius 1 is 1.09 bits per heavy atom. The molecule has 4 saturated carbocycles. The zero-order valence-corrected chi connectivity index (χ0v) is 23.6. The monoisotopic (exact) mass is 509 g/mol. The maximum atomic E-state index is 12.5. The number of nitro groups is 1. The zero-order valence-electron chi connectivity index (χ0n) is 22.9. The molecule has 0 heterocycles. The summed E-state index contributed by atoms with van der Waals surface area (Å²) in [6.07, 6.45) is 11.0. The van der Waals surface area contributed by atoms with Crippen molar-refractivity contribution in [2.45, 2.75) is 129 Å². The lowest BCUT2D eigenvalue weighted by atomic mass is 9.43. The van der Waals surface area contributed by atoms with E-state index in [2.05, 4.69) is 34.6 Å². The van der Waals surface area contributed by atoms with Gasteiger partial charge in [0.05, 0.1) is 0 Å². The summed E-state index contributed by atoms with van der Waals surface area (Å²) in [7, 11) is 0. The second kappa shape index (κ2) is 9.80. The number of carbonyl (C=O) groups is 1. The highest BCUT2D eigenvalue weighted by Gasteiger charge is 2.71. The van der Waals surface area contributed by atoms with Crippen LogP contribution in [0.5, 0.6) is 0 Å². The molecule has 0 aromatic carbocycles. The van der Waals surface area contributed by atoms with Gasteiger partial charge in [-0.1, -0.05) is 53.9 Å². The maximum Gasteiger partial charge on any atom is 0.302 e. The van der Waals surface area contributed by atoms with Crippen LogP contribution in [0.4, 0.5) is 0 Å². The lowest BCUT2D eigenvalue weighted by molar-refractivity contribution is -0.543. The van der Waals surface area contributed by atoms with E-state index in [4.69, 9.17) is 16.3 Å². The molecule has 4 aliphatic carbocycles. The van der Waals surface area contributed by atoms with E-state index in [1.165, 1.54) is 45.4 Å². The Balaban J connectivity index is 1.58. The average Bonchev–Trinajstić information content (AvgIpc) is 3.10. The first-order valence-corrected chi connectivity index (χ1v) is 14.7. The van der Waals surface area contributed by atoms with Gasteiger partial charge in [-0.25, -0.2) is 0 Å². The van der Waals surface area contributed by atoms with Crippen LogP contribution in [0.25, 0.3) is 0 Å². The molecule has 4 rings (SSSR count). The number of halogens is 1. The first kappa shape index (κ1) is 27.2. The molecule has 35 heavy (non-hydrogen) atoms. The number of fused-ring (bicyclic) bond motifs is 5. The SMILES string of the molecule is CC(=O)OC1CCC2(C)C3CCC4(C)C(CCC4[C@H](C)CCCC(C)C)C3CC([N+](=O)[O-])[C@@]2(Cl)C1. The van der Waals surface area contributed by atoms with Crippen LogP contribution in [0.2, 0.25) is 0 Å². The number of hydrogen-bond donors (Lipinski definition) is 0. The first-order valence-electron chi connectivity index (χ1n) is 14.3. The van der Waals surface area contributed by atoms with Crippen molar-refractivity contribution in [3.63, 3.8) is 0 Å². The highest BCUT2D eigenvalue weighted by molar-refractivity contribution is 6.25. The maximum absolute atomic E-state index is 12.5. The molecule has 0 saturated heterocycles. The van der Waals surface area contributed by atoms with Gasteiger partial charge in [-0.15, -0.1) is 11.6 Å². The van der Waals surface area contributed by atoms with E-state index < -0.39 is 10.9 Å². The fourth-order valence-corrected chi connectivity index (χ4v) is 10.4. The van der Waals surface area contributed by atoms with Gasteiger partial charge in [0.2, 0.25) is 6.04 Å². The molecule has 0 aromatic rings. The van der Waals surface area contributed by atoms with Gasteiger partial charge >= 0.3 is 5.97 Å². The van der Waals surface area contributed by atoms with E-state index in [0.717, 1.165) is 37.0 Å². The normalized spacial score (nSPS) is 45.8. The summed E-state index contributed by atoms with van der Waals surface area (Å²) in [5, 5.41) is 12.5. The lowest BCUT2D eigenvalue weighted by Gasteiger charge is -2.64. The summed E-state index contributed by atoms with van der Waals surface area (Å²) in [6, 6.07) is -0.779. The topological polar surface area (TPSA) is 69.4 Å². The Labute approximate surface area is 217 Å². The fourth-order valence-electron chi connectivity index (χ4n) is 9.81. The van der Waals surface area contributed by atoms with E-state index in [-0.39, 0.29) is 27.8 Å². The number of nitrogens with zero attached hydrogens (tertiary/aromatic N) is 1. The molecule has 4 fully saturated rings. The van der Waals surface area contributed by atoms with Crippen molar-refractivity contribution in [2.24, 2.45) is 46.3 Å². The predicted molar refractivity (Wildman–Crippen MR) is 140 cm³/mol. The van der Waals surface area contributed by atoms with E-state index >= 15 is 0 Å². The van der Waals surface area contributed by atoms with Crippen LogP contribution < -0.4 is 0 Å². The summed E-state index contributed by atoms with van der Waals surface area (Å²) < 4.78 is 5.54. The van der Waals surface area contributed by atoms with Gasteiger partial charge in [0.1, 0.15) is 11.0 Å². The van der Waals surface area contributed by atoms with Crippen molar-refractivity contribution in [3.8, 4) is 0 Å². The van der Waals surface area contributed by atoms with E-state index in [0.29, 0.717) is 30.6 Å². The van der Waals surface area contributed by atoms with Crippen molar-refractivity contribution in [1.29, 1.82) is 0 Å². The lowest BCUT2D eigenvalue weighted by Crippen LogP contribution is -2.67. The fraction of sp³-hybridized carbons (Fsp3) is 0.966. The van der Waals surface area contributed by atoms with Gasteiger partial charge in [-0.3, -0.25) is 14.9 Å². The molecule has 0 bridgehead atoms. The standard InChI is InChI=1S/C29H48ClNO4/c1-18(2)8-7-9-19(3)23-10-11-24-22-16-26(31(33)34)29(30)17-21(35-20(4)32)12-15-28(29,6)25(22)13-14-27(23,24)5/h18-19,21-26H,7-17H2,1-6H3/t19-,21?,22?,23?,24?,25?,26?,27?,28?,29+/m1/s1. The number of ether oxygens (including phenoxy) is 1. The second-order valence-corrected chi connectivity index (χ2v) is 14.4. The molecular formula is C29H48ClNO4. The van der Waals surface area contributed by atoms with Gasteiger partial charge < -0.3 is 4.74 Å². The zero-order chi connectivity index (χ0) is 25.8. The number of hydrogen-bond acceptors (Lipinski definition) is 4. The van der Waals surface area contributed by atoms with Gasteiger partial charge in [-0.2, -0.15) is 0 Å². The molecular weight excluding hydrogens is 462 g/mol. The minimum atomic E-state index is -0.952. The largest absolute Gasteiger partial charge is 0.462 e. The second-order valence-electron chi connectivity index (χ2n) is 13.7. The van der Waals surface area contributed by atoms with Crippen LogP contribution in [0.15, 0.2) is 0 Å². The Morgan fingerprint density at radius 3 is 2.43 bits per heavy atom. The van der Waals surface area contributed by atoms with Crippen LogP contribution in [-0.4, -0.2) is 27.9 Å². The molecule has 0 spiro atoms. The van der Waals surface area contributed by atoms with E-state index in [1.54, 1.807) is 0 Å². The summed E-state index contributed by atoms with van der Waals surface area (Å²) in [5.41, 5.74) is -0.00860. The van der Waals surface area contributed by atoms with Crippen LogP contribution in [0, 0.1) is 56.5 Å². The molecule has 6 heteroatoms. The molecule has 0 N–H and O–H groups in total. The third-order valence-electron chi connectivity index (χ3n) is 11.5. The molecule has 0 amide bonds. The predicted octanol–water partition coefficient (Wildman–Crippen LogP) is 7.66. The Morgan fingerprint density at radius 2 is 1.80 bits per heavy atom. The summed E-state index contributed by atoms with van der Waals surface area (Å²) in [6.45, 7) is 13.3. The van der Waals surface area contributed by atoms with Gasteiger partial charge in [0, 0.05) is 24.7 Å².